The molecule has 0 aromatic heterocycles. The zero-order valence-electron chi connectivity index (χ0n) is 11.7. The highest BCUT2D eigenvalue weighted by Crippen LogP contribution is 2.09. The summed E-state index contributed by atoms with van der Waals surface area (Å²) in [7, 11) is 0. The maximum Gasteiger partial charge on any atom is 0.251 e. The van der Waals surface area contributed by atoms with Crippen LogP contribution in [0.2, 0.25) is 0 Å². The van der Waals surface area contributed by atoms with E-state index in [1.165, 1.54) is 19.8 Å². The molecule has 104 valence electrons. The molecular weight excluding hydrogens is 240 g/mol. The third-order valence-electron chi connectivity index (χ3n) is 2.78. The minimum atomic E-state index is -0.117. The SMILES string of the molecule is CCCCCCNC(=O)c1ccc(NC(C)=O)cc1. The van der Waals surface area contributed by atoms with Crippen LogP contribution in [-0.4, -0.2) is 18.4 Å². The molecule has 0 saturated heterocycles. The molecule has 0 unspecified atom stereocenters. The highest BCUT2D eigenvalue weighted by Gasteiger charge is 2.04. The van der Waals surface area contributed by atoms with Gasteiger partial charge in [0.25, 0.3) is 5.91 Å². The number of hydrogen-bond acceptors (Lipinski definition) is 2. The standard InChI is InChI=1S/C15H22N2O2/c1-3-4-5-6-11-16-15(19)13-7-9-14(10-8-13)17-12(2)18/h7-10H,3-6,11H2,1-2H3,(H,16,19)(H,17,18). The van der Waals surface area contributed by atoms with Crippen LogP contribution in [-0.2, 0) is 4.79 Å². The van der Waals surface area contributed by atoms with Gasteiger partial charge in [-0.3, -0.25) is 9.59 Å². The van der Waals surface area contributed by atoms with E-state index in [0.29, 0.717) is 17.8 Å². The normalized spacial score (nSPS) is 10.0. The summed E-state index contributed by atoms with van der Waals surface area (Å²) >= 11 is 0. The summed E-state index contributed by atoms with van der Waals surface area (Å²) in [5, 5.41) is 5.56. The van der Waals surface area contributed by atoms with E-state index in [4.69, 9.17) is 0 Å². The van der Waals surface area contributed by atoms with E-state index in [1.54, 1.807) is 24.3 Å². The van der Waals surface area contributed by atoms with Crippen LogP contribution in [0.4, 0.5) is 5.69 Å². The molecule has 2 amide bonds. The first-order valence-electron chi connectivity index (χ1n) is 6.79. The molecule has 1 aromatic rings. The molecule has 0 spiro atoms. The van der Waals surface area contributed by atoms with Gasteiger partial charge >= 0.3 is 0 Å². The van der Waals surface area contributed by atoms with Gasteiger partial charge in [-0.05, 0) is 30.7 Å². The fourth-order valence-electron chi connectivity index (χ4n) is 1.76. The Hall–Kier alpha value is -1.84. The van der Waals surface area contributed by atoms with Crippen molar-refractivity contribution in [3.63, 3.8) is 0 Å². The molecule has 4 nitrogen and oxygen atoms in total. The van der Waals surface area contributed by atoms with Crippen molar-refractivity contribution in [3.05, 3.63) is 29.8 Å². The minimum Gasteiger partial charge on any atom is -0.352 e. The smallest absolute Gasteiger partial charge is 0.251 e. The molecule has 0 radical (unpaired) electrons. The molecule has 0 saturated carbocycles. The Kier molecular flexibility index (Phi) is 6.64. The van der Waals surface area contributed by atoms with Gasteiger partial charge in [-0.1, -0.05) is 26.2 Å². The van der Waals surface area contributed by atoms with Crippen LogP contribution in [0.5, 0.6) is 0 Å². The largest absolute Gasteiger partial charge is 0.352 e. The number of nitrogens with one attached hydrogen (secondary N) is 2. The Morgan fingerprint density at radius 1 is 1.05 bits per heavy atom. The van der Waals surface area contributed by atoms with Crippen LogP contribution < -0.4 is 10.6 Å². The lowest BCUT2D eigenvalue weighted by Gasteiger charge is -2.06. The number of hydrogen-bond donors (Lipinski definition) is 2. The average Bonchev–Trinajstić information content (AvgIpc) is 2.38. The third-order valence-corrected chi connectivity index (χ3v) is 2.78. The van der Waals surface area contributed by atoms with E-state index in [-0.39, 0.29) is 11.8 Å². The van der Waals surface area contributed by atoms with E-state index in [2.05, 4.69) is 17.6 Å². The average molecular weight is 262 g/mol. The van der Waals surface area contributed by atoms with Gasteiger partial charge in [0.1, 0.15) is 0 Å². The molecular formula is C15H22N2O2. The maximum absolute atomic E-state index is 11.8. The van der Waals surface area contributed by atoms with Gasteiger partial charge in [0.15, 0.2) is 0 Å². The van der Waals surface area contributed by atoms with Crippen molar-refractivity contribution in [3.8, 4) is 0 Å². The van der Waals surface area contributed by atoms with Gasteiger partial charge in [-0.15, -0.1) is 0 Å². The van der Waals surface area contributed by atoms with Crippen LogP contribution in [0.25, 0.3) is 0 Å². The molecule has 19 heavy (non-hydrogen) atoms. The molecule has 0 aliphatic rings. The lowest BCUT2D eigenvalue weighted by atomic mass is 10.1. The lowest BCUT2D eigenvalue weighted by Crippen LogP contribution is -2.24. The van der Waals surface area contributed by atoms with Crippen molar-refractivity contribution in [2.45, 2.75) is 39.5 Å². The Morgan fingerprint density at radius 2 is 1.74 bits per heavy atom. The van der Waals surface area contributed by atoms with Gasteiger partial charge in [0.2, 0.25) is 5.91 Å². The van der Waals surface area contributed by atoms with Crippen LogP contribution in [0, 0.1) is 0 Å². The fourth-order valence-corrected chi connectivity index (χ4v) is 1.76. The van der Waals surface area contributed by atoms with Crippen molar-refractivity contribution in [1.82, 2.24) is 5.32 Å². The summed E-state index contributed by atoms with van der Waals surface area (Å²) in [6.07, 6.45) is 4.57. The number of rotatable bonds is 7. The van der Waals surface area contributed by atoms with E-state index in [1.807, 2.05) is 0 Å². The predicted octanol–water partition coefficient (Wildman–Crippen LogP) is 2.96. The van der Waals surface area contributed by atoms with Crippen LogP contribution >= 0.6 is 0 Å². The molecule has 4 heteroatoms. The monoisotopic (exact) mass is 262 g/mol. The predicted molar refractivity (Wildman–Crippen MR) is 77.2 cm³/mol. The second-order valence-electron chi connectivity index (χ2n) is 4.58. The zero-order valence-corrected chi connectivity index (χ0v) is 11.7. The molecule has 0 heterocycles. The molecule has 0 aliphatic carbocycles. The summed E-state index contributed by atoms with van der Waals surface area (Å²) in [4.78, 5) is 22.7. The Balaban J connectivity index is 2.38. The first-order chi connectivity index (χ1) is 9.13. The van der Waals surface area contributed by atoms with Crippen molar-refractivity contribution in [2.24, 2.45) is 0 Å². The number of carbonyl (C=O) groups excluding carboxylic acids is 2. The number of benzene rings is 1. The molecule has 0 fully saturated rings. The van der Waals surface area contributed by atoms with Crippen LogP contribution in [0.15, 0.2) is 24.3 Å². The van der Waals surface area contributed by atoms with Crippen LogP contribution in [0.1, 0.15) is 49.9 Å². The Labute approximate surface area is 114 Å². The summed E-state index contributed by atoms with van der Waals surface area (Å²) in [6.45, 7) is 4.33. The summed E-state index contributed by atoms with van der Waals surface area (Å²) in [6, 6.07) is 6.89. The zero-order chi connectivity index (χ0) is 14.1. The van der Waals surface area contributed by atoms with Crippen molar-refractivity contribution >= 4 is 17.5 Å². The van der Waals surface area contributed by atoms with Crippen molar-refractivity contribution < 1.29 is 9.59 Å². The maximum atomic E-state index is 11.8. The van der Waals surface area contributed by atoms with Crippen molar-refractivity contribution in [1.29, 1.82) is 0 Å². The number of unbranched alkanes of at least 4 members (excludes halogenated alkanes) is 3. The second kappa shape index (κ2) is 8.29. The fraction of sp³-hybridized carbons (Fsp3) is 0.467. The first kappa shape index (κ1) is 15.2. The van der Waals surface area contributed by atoms with Crippen LogP contribution in [0.3, 0.4) is 0 Å². The quantitative estimate of drug-likeness (QED) is 0.742. The van der Waals surface area contributed by atoms with E-state index < -0.39 is 0 Å². The van der Waals surface area contributed by atoms with E-state index in [9.17, 15) is 9.59 Å². The molecule has 2 N–H and O–H groups in total. The summed E-state index contributed by atoms with van der Waals surface area (Å²) in [5.41, 5.74) is 1.32. The first-order valence-corrected chi connectivity index (χ1v) is 6.79. The highest BCUT2D eigenvalue weighted by molar-refractivity contribution is 5.95. The van der Waals surface area contributed by atoms with Gasteiger partial charge in [0, 0.05) is 24.7 Å². The third kappa shape index (κ3) is 6.04. The molecule has 0 aliphatic heterocycles. The molecule has 0 atom stereocenters. The number of carbonyl (C=O) groups is 2. The van der Waals surface area contributed by atoms with Gasteiger partial charge in [-0.2, -0.15) is 0 Å². The van der Waals surface area contributed by atoms with E-state index >= 15 is 0 Å². The second-order valence-corrected chi connectivity index (χ2v) is 4.58. The number of anilines is 1. The topological polar surface area (TPSA) is 58.2 Å². The summed E-state index contributed by atoms with van der Waals surface area (Å²) in [5.74, 6) is -0.181. The lowest BCUT2D eigenvalue weighted by molar-refractivity contribution is -0.114. The van der Waals surface area contributed by atoms with Gasteiger partial charge in [0.05, 0.1) is 0 Å². The highest BCUT2D eigenvalue weighted by atomic mass is 16.2. The van der Waals surface area contributed by atoms with Gasteiger partial charge in [-0.25, -0.2) is 0 Å². The molecule has 1 aromatic carbocycles. The van der Waals surface area contributed by atoms with Gasteiger partial charge < -0.3 is 10.6 Å². The summed E-state index contributed by atoms with van der Waals surface area (Å²) < 4.78 is 0. The van der Waals surface area contributed by atoms with Crippen molar-refractivity contribution in [2.75, 3.05) is 11.9 Å². The Bertz CT molecular complexity index is 413. The Morgan fingerprint density at radius 3 is 2.32 bits per heavy atom. The van der Waals surface area contributed by atoms with E-state index in [0.717, 1.165) is 12.8 Å². The molecule has 0 bridgehead atoms. The minimum absolute atomic E-state index is 0.0640. The molecule has 1 rings (SSSR count). The number of amides is 2.